The fraction of sp³-hybridized carbons (Fsp3) is 0.412. The van der Waals surface area contributed by atoms with Crippen LogP contribution in [0.3, 0.4) is 0 Å². The Bertz CT molecular complexity index is 648. The molecule has 1 aromatic carbocycles. The molecule has 9 heteroatoms. The first-order valence-corrected chi connectivity index (χ1v) is 8.95. The Kier molecular flexibility index (Phi) is 12.2. The third kappa shape index (κ3) is 7.47. The molecule has 2 aromatic rings. The molecule has 2 rings (SSSR count). The summed E-state index contributed by atoms with van der Waals surface area (Å²) in [5.41, 5.74) is 6.60. The van der Waals surface area contributed by atoms with Crippen LogP contribution in [0.1, 0.15) is 29.3 Å². The van der Waals surface area contributed by atoms with Crippen molar-refractivity contribution in [1.82, 2.24) is 9.88 Å². The molecule has 0 radical (unpaired) electrons. The van der Waals surface area contributed by atoms with Crippen molar-refractivity contribution in [2.45, 2.75) is 20.4 Å². The van der Waals surface area contributed by atoms with Crippen molar-refractivity contribution in [3.8, 4) is 5.75 Å². The smallest absolute Gasteiger partial charge is 0.275 e. The van der Waals surface area contributed by atoms with Gasteiger partial charge >= 0.3 is 0 Å². The van der Waals surface area contributed by atoms with Crippen molar-refractivity contribution in [3.63, 3.8) is 0 Å². The molecule has 146 valence electrons. The van der Waals surface area contributed by atoms with E-state index >= 15 is 0 Å². The second-order valence-electron chi connectivity index (χ2n) is 5.18. The van der Waals surface area contributed by atoms with Gasteiger partial charge in [-0.1, -0.05) is 13.8 Å². The van der Waals surface area contributed by atoms with Crippen molar-refractivity contribution in [1.29, 1.82) is 0 Å². The number of thiazole rings is 1. The number of benzene rings is 1. The molecule has 0 atom stereocenters. The van der Waals surface area contributed by atoms with Gasteiger partial charge in [-0.15, -0.1) is 36.2 Å². The number of carbonyl (C=O) groups excluding carboxylic acids is 1. The summed E-state index contributed by atoms with van der Waals surface area (Å²) in [7, 11) is 0. The van der Waals surface area contributed by atoms with Crippen LogP contribution >= 0.6 is 36.2 Å². The zero-order valence-electron chi connectivity index (χ0n) is 14.9. The molecule has 0 aliphatic heterocycles. The number of amides is 1. The maximum absolute atomic E-state index is 12.1. The Balaban J connectivity index is 0.00000312. The average Bonchev–Trinajstić information content (AvgIpc) is 3.09. The van der Waals surface area contributed by atoms with Gasteiger partial charge in [-0.3, -0.25) is 4.79 Å². The van der Waals surface area contributed by atoms with E-state index in [9.17, 15) is 4.79 Å². The first-order valence-electron chi connectivity index (χ1n) is 8.07. The lowest BCUT2D eigenvalue weighted by atomic mass is 10.3. The minimum atomic E-state index is -0.235. The van der Waals surface area contributed by atoms with Crippen LogP contribution in [0.25, 0.3) is 0 Å². The Labute approximate surface area is 170 Å². The average molecular weight is 421 g/mol. The Hall–Kier alpha value is -1.38. The van der Waals surface area contributed by atoms with Gasteiger partial charge in [0, 0.05) is 24.2 Å². The van der Waals surface area contributed by atoms with E-state index in [0.717, 1.165) is 30.4 Å². The van der Waals surface area contributed by atoms with Crippen LogP contribution in [-0.2, 0) is 6.54 Å². The Morgan fingerprint density at radius 3 is 2.42 bits per heavy atom. The zero-order chi connectivity index (χ0) is 17.4. The lowest BCUT2D eigenvalue weighted by Gasteiger charge is -2.18. The number of aromatic nitrogens is 1. The van der Waals surface area contributed by atoms with Crippen molar-refractivity contribution in [3.05, 3.63) is 40.3 Å². The minimum absolute atomic E-state index is 0. The van der Waals surface area contributed by atoms with Crippen molar-refractivity contribution in [2.24, 2.45) is 5.73 Å². The highest BCUT2D eigenvalue weighted by atomic mass is 35.5. The van der Waals surface area contributed by atoms with Gasteiger partial charge in [-0.05, 0) is 37.4 Å². The number of ether oxygens (including phenoxy) is 1. The van der Waals surface area contributed by atoms with Crippen LogP contribution in [0.5, 0.6) is 5.75 Å². The monoisotopic (exact) mass is 420 g/mol. The third-order valence-electron chi connectivity index (χ3n) is 3.64. The summed E-state index contributed by atoms with van der Waals surface area (Å²) >= 11 is 1.38. The number of nitrogens with zero attached hydrogens (tertiary/aromatic N) is 2. The maximum Gasteiger partial charge on any atom is 0.275 e. The number of hydrogen-bond acceptors (Lipinski definition) is 6. The number of rotatable bonds is 9. The van der Waals surface area contributed by atoms with Gasteiger partial charge in [0.25, 0.3) is 5.91 Å². The fourth-order valence-corrected chi connectivity index (χ4v) is 2.83. The van der Waals surface area contributed by atoms with Crippen LogP contribution in [0.4, 0.5) is 5.69 Å². The number of likely N-dealkylation sites (N-methyl/N-ethyl adjacent to an activating group) is 1. The summed E-state index contributed by atoms with van der Waals surface area (Å²) in [6.07, 6.45) is 0. The second kappa shape index (κ2) is 12.9. The van der Waals surface area contributed by atoms with Crippen LogP contribution in [0.15, 0.2) is 29.6 Å². The van der Waals surface area contributed by atoms with Gasteiger partial charge in [-0.2, -0.15) is 0 Å². The zero-order valence-corrected chi connectivity index (χ0v) is 17.4. The van der Waals surface area contributed by atoms with Gasteiger partial charge in [-0.25, -0.2) is 4.98 Å². The summed E-state index contributed by atoms with van der Waals surface area (Å²) in [5.74, 6) is 0.556. The van der Waals surface area contributed by atoms with Gasteiger partial charge < -0.3 is 20.7 Å². The van der Waals surface area contributed by atoms with E-state index in [-0.39, 0.29) is 30.7 Å². The molecular formula is C17H26Cl2N4O2S. The predicted molar refractivity (Wildman–Crippen MR) is 112 cm³/mol. The fourth-order valence-electron chi connectivity index (χ4n) is 2.17. The molecule has 0 fully saturated rings. The molecule has 0 saturated heterocycles. The summed E-state index contributed by atoms with van der Waals surface area (Å²) < 4.78 is 5.72. The topological polar surface area (TPSA) is 80.5 Å². The summed E-state index contributed by atoms with van der Waals surface area (Å²) in [4.78, 5) is 18.6. The first-order chi connectivity index (χ1) is 11.7. The lowest BCUT2D eigenvalue weighted by Crippen LogP contribution is -2.27. The van der Waals surface area contributed by atoms with Crippen molar-refractivity contribution in [2.75, 3.05) is 31.6 Å². The SMILES string of the molecule is CCN(CC)CCOc1ccc(NC(=O)c2csc(CN)n2)cc1.Cl.Cl. The number of anilines is 1. The van der Waals surface area contributed by atoms with Crippen LogP contribution in [0.2, 0.25) is 0 Å². The molecule has 0 bridgehead atoms. The maximum atomic E-state index is 12.1. The summed E-state index contributed by atoms with van der Waals surface area (Å²) in [5, 5.41) is 5.27. The molecule has 0 aliphatic rings. The molecule has 0 unspecified atom stereocenters. The standard InChI is InChI=1S/C17H24N4O2S.2ClH/c1-3-21(4-2)9-10-23-14-7-5-13(6-8-14)19-17(22)15-12-24-16(11-18)20-15;;/h5-8,12H,3-4,9-11,18H2,1-2H3,(H,19,22);2*1H. The summed E-state index contributed by atoms with van der Waals surface area (Å²) in [6, 6.07) is 7.34. The molecule has 0 aliphatic carbocycles. The molecule has 6 nitrogen and oxygen atoms in total. The van der Waals surface area contributed by atoms with E-state index in [1.165, 1.54) is 11.3 Å². The van der Waals surface area contributed by atoms with E-state index in [4.69, 9.17) is 10.5 Å². The third-order valence-corrected chi connectivity index (χ3v) is 4.51. The minimum Gasteiger partial charge on any atom is -0.492 e. The number of nitrogens with two attached hydrogens (primary N) is 1. The number of hydrogen-bond donors (Lipinski definition) is 2. The highest BCUT2D eigenvalue weighted by Gasteiger charge is 2.10. The molecule has 3 N–H and O–H groups in total. The normalized spacial score (nSPS) is 10.0. The number of halogens is 2. The van der Waals surface area contributed by atoms with Crippen LogP contribution in [0, 0.1) is 0 Å². The molecule has 1 aromatic heterocycles. The first kappa shape index (κ1) is 24.6. The van der Waals surface area contributed by atoms with E-state index < -0.39 is 0 Å². The lowest BCUT2D eigenvalue weighted by molar-refractivity contribution is 0.102. The van der Waals surface area contributed by atoms with E-state index in [2.05, 4.69) is 29.0 Å². The van der Waals surface area contributed by atoms with Gasteiger partial charge in [0.1, 0.15) is 23.1 Å². The van der Waals surface area contributed by atoms with Crippen molar-refractivity contribution >= 4 is 47.7 Å². The Morgan fingerprint density at radius 2 is 1.88 bits per heavy atom. The predicted octanol–water partition coefficient (Wildman–Crippen LogP) is 3.42. The molecule has 0 spiro atoms. The molecule has 1 heterocycles. The molecular weight excluding hydrogens is 395 g/mol. The molecule has 26 heavy (non-hydrogen) atoms. The molecule has 1 amide bonds. The Morgan fingerprint density at radius 1 is 1.23 bits per heavy atom. The van der Waals surface area contributed by atoms with Gasteiger partial charge in [0.05, 0.1) is 0 Å². The van der Waals surface area contributed by atoms with E-state index in [1.54, 1.807) is 5.38 Å². The number of carbonyl (C=O) groups is 1. The quantitative estimate of drug-likeness (QED) is 0.649. The van der Waals surface area contributed by atoms with E-state index in [0.29, 0.717) is 24.5 Å². The van der Waals surface area contributed by atoms with Crippen LogP contribution < -0.4 is 15.8 Å². The molecule has 0 saturated carbocycles. The largest absolute Gasteiger partial charge is 0.492 e. The van der Waals surface area contributed by atoms with Gasteiger partial charge in [0.2, 0.25) is 0 Å². The highest BCUT2D eigenvalue weighted by Crippen LogP contribution is 2.17. The van der Waals surface area contributed by atoms with E-state index in [1.807, 2.05) is 24.3 Å². The summed E-state index contributed by atoms with van der Waals surface area (Å²) in [6.45, 7) is 8.21. The number of nitrogens with one attached hydrogen (secondary N) is 1. The van der Waals surface area contributed by atoms with Gasteiger partial charge in [0.15, 0.2) is 0 Å². The van der Waals surface area contributed by atoms with Crippen LogP contribution in [-0.4, -0.2) is 42.0 Å². The van der Waals surface area contributed by atoms with Crippen molar-refractivity contribution < 1.29 is 9.53 Å². The second-order valence-corrected chi connectivity index (χ2v) is 6.13. The highest BCUT2D eigenvalue weighted by molar-refractivity contribution is 7.09.